The predicted octanol–water partition coefficient (Wildman–Crippen LogP) is 3.18. The number of hydrogen-bond donors (Lipinski definition) is 1. The number of para-hydroxylation sites is 1. The van der Waals surface area contributed by atoms with E-state index in [9.17, 15) is 4.79 Å². The molecule has 1 N–H and O–H groups in total. The number of aryl methyl sites for hydroxylation is 2. The molecule has 0 bridgehead atoms. The van der Waals surface area contributed by atoms with E-state index >= 15 is 0 Å². The van der Waals surface area contributed by atoms with Gasteiger partial charge in [-0.2, -0.15) is 0 Å². The number of aromatic amines is 1. The molecular formula is C22H26N4O. The summed E-state index contributed by atoms with van der Waals surface area (Å²) in [6.07, 6.45) is 0. The van der Waals surface area contributed by atoms with Crippen molar-refractivity contribution in [1.82, 2.24) is 14.7 Å². The van der Waals surface area contributed by atoms with E-state index in [1.807, 2.05) is 69.6 Å². The van der Waals surface area contributed by atoms with Crippen molar-refractivity contribution in [2.75, 3.05) is 27.2 Å². The quantitative estimate of drug-likeness (QED) is 0.685. The van der Waals surface area contributed by atoms with Gasteiger partial charge in [0.05, 0.1) is 23.5 Å². The second-order valence-corrected chi connectivity index (χ2v) is 6.94. The van der Waals surface area contributed by atoms with Crippen molar-refractivity contribution in [3.63, 3.8) is 0 Å². The molecule has 0 radical (unpaired) electrons. The smallest absolute Gasteiger partial charge is 0.280 e. The molecule has 0 spiro atoms. The van der Waals surface area contributed by atoms with Gasteiger partial charge in [-0.05, 0) is 45.6 Å². The standard InChI is InChI=1S/C22H26N4O/c1-16-10-8-9-13-19(16)21(23-14-15-25(3)4)20-17(2)24-26(22(20)27)18-11-6-5-7-12-18/h5-13,24H,14-15H2,1-4H3. The van der Waals surface area contributed by atoms with Crippen molar-refractivity contribution in [2.45, 2.75) is 13.8 Å². The Kier molecular flexibility index (Phi) is 5.72. The lowest BCUT2D eigenvalue weighted by Gasteiger charge is -2.11. The molecule has 0 amide bonds. The SMILES string of the molecule is Cc1ccccc1C(=NCCN(C)C)c1c(C)[nH]n(-c2ccccc2)c1=O. The molecule has 0 unspecified atom stereocenters. The topological polar surface area (TPSA) is 53.4 Å². The van der Waals surface area contributed by atoms with Crippen LogP contribution in [-0.2, 0) is 0 Å². The van der Waals surface area contributed by atoms with Gasteiger partial charge >= 0.3 is 0 Å². The van der Waals surface area contributed by atoms with Gasteiger partial charge in [-0.25, -0.2) is 4.68 Å². The summed E-state index contributed by atoms with van der Waals surface area (Å²) in [5, 5.41) is 3.21. The lowest BCUT2D eigenvalue weighted by molar-refractivity contribution is 0.420. The molecule has 0 aliphatic carbocycles. The molecule has 5 nitrogen and oxygen atoms in total. The first-order chi connectivity index (χ1) is 13.0. The van der Waals surface area contributed by atoms with Crippen LogP contribution >= 0.6 is 0 Å². The van der Waals surface area contributed by atoms with Crippen molar-refractivity contribution in [2.24, 2.45) is 4.99 Å². The van der Waals surface area contributed by atoms with Gasteiger partial charge in [0.15, 0.2) is 0 Å². The highest BCUT2D eigenvalue weighted by Crippen LogP contribution is 2.16. The van der Waals surface area contributed by atoms with Gasteiger partial charge in [0, 0.05) is 17.8 Å². The Balaban J connectivity index is 2.15. The molecular weight excluding hydrogens is 336 g/mol. The van der Waals surface area contributed by atoms with Crippen LogP contribution in [0.4, 0.5) is 0 Å². The molecule has 5 heteroatoms. The number of nitrogens with zero attached hydrogens (tertiary/aromatic N) is 3. The second-order valence-electron chi connectivity index (χ2n) is 6.94. The molecule has 0 saturated carbocycles. The van der Waals surface area contributed by atoms with Crippen LogP contribution in [0.2, 0.25) is 0 Å². The lowest BCUT2D eigenvalue weighted by Crippen LogP contribution is -2.23. The summed E-state index contributed by atoms with van der Waals surface area (Å²) in [6.45, 7) is 5.43. The number of nitrogens with one attached hydrogen (secondary N) is 1. The predicted molar refractivity (Wildman–Crippen MR) is 111 cm³/mol. The lowest BCUT2D eigenvalue weighted by atomic mass is 9.98. The number of rotatable bonds is 6. The summed E-state index contributed by atoms with van der Waals surface area (Å²) in [5.41, 5.74) is 5.04. The number of hydrogen-bond acceptors (Lipinski definition) is 3. The summed E-state index contributed by atoms with van der Waals surface area (Å²) < 4.78 is 1.59. The second kappa shape index (κ2) is 8.18. The summed E-state index contributed by atoms with van der Waals surface area (Å²) in [7, 11) is 4.04. The molecule has 1 heterocycles. The van der Waals surface area contributed by atoms with Crippen LogP contribution in [0.15, 0.2) is 64.4 Å². The molecule has 0 aliphatic heterocycles. The molecule has 1 aromatic heterocycles. The van der Waals surface area contributed by atoms with Crippen LogP contribution in [0, 0.1) is 13.8 Å². The number of benzene rings is 2. The Hall–Kier alpha value is -2.92. The van der Waals surface area contributed by atoms with E-state index in [1.54, 1.807) is 4.68 Å². The van der Waals surface area contributed by atoms with E-state index < -0.39 is 0 Å². The Morgan fingerprint density at radius 2 is 1.70 bits per heavy atom. The highest BCUT2D eigenvalue weighted by Gasteiger charge is 2.20. The first kappa shape index (κ1) is 18.9. The van der Waals surface area contributed by atoms with Gasteiger partial charge in [-0.3, -0.25) is 14.9 Å². The van der Waals surface area contributed by atoms with Crippen LogP contribution < -0.4 is 5.56 Å². The maximum atomic E-state index is 13.3. The van der Waals surface area contributed by atoms with Crippen LogP contribution in [0.3, 0.4) is 0 Å². The van der Waals surface area contributed by atoms with E-state index in [4.69, 9.17) is 4.99 Å². The Morgan fingerprint density at radius 3 is 2.37 bits per heavy atom. The molecule has 2 aromatic carbocycles. The third-order valence-electron chi connectivity index (χ3n) is 4.54. The highest BCUT2D eigenvalue weighted by atomic mass is 16.1. The molecule has 3 rings (SSSR count). The fourth-order valence-electron chi connectivity index (χ4n) is 3.08. The zero-order valence-corrected chi connectivity index (χ0v) is 16.4. The average molecular weight is 362 g/mol. The van der Waals surface area contributed by atoms with Crippen LogP contribution in [0.5, 0.6) is 0 Å². The maximum absolute atomic E-state index is 13.3. The highest BCUT2D eigenvalue weighted by molar-refractivity contribution is 6.14. The van der Waals surface area contributed by atoms with Crippen molar-refractivity contribution >= 4 is 5.71 Å². The molecule has 0 atom stereocenters. The van der Waals surface area contributed by atoms with Gasteiger partial charge < -0.3 is 4.90 Å². The monoisotopic (exact) mass is 362 g/mol. The molecule has 3 aromatic rings. The Labute approximate surface area is 160 Å². The molecule has 0 saturated heterocycles. The Morgan fingerprint density at radius 1 is 1.04 bits per heavy atom. The summed E-state index contributed by atoms with van der Waals surface area (Å²) in [6, 6.07) is 17.7. The zero-order chi connectivity index (χ0) is 19.4. The van der Waals surface area contributed by atoms with Gasteiger partial charge in [0.1, 0.15) is 0 Å². The van der Waals surface area contributed by atoms with Crippen molar-refractivity contribution in [1.29, 1.82) is 0 Å². The minimum atomic E-state index is -0.0782. The number of likely N-dealkylation sites (N-methyl/N-ethyl adjacent to an activating group) is 1. The fraction of sp³-hybridized carbons (Fsp3) is 0.273. The van der Waals surface area contributed by atoms with Gasteiger partial charge in [0.25, 0.3) is 5.56 Å². The summed E-state index contributed by atoms with van der Waals surface area (Å²) in [5.74, 6) is 0. The maximum Gasteiger partial charge on any atom is 0.280 e. The largest absolute Gasteiger partial charge is 0.308 e. The van der Waals surface area contributed by atoms with Gasteiger partial charge in [-0.1, -0.05) is 42.5 Å². The molecule has 0 aliphatic rings. The third-order valence-corrected chi connectivity index (χ3v) is 4.54. The molecule has 27 heavy (non-hydrogen) atoms. The Bertz CT molecular complexity index is 997. The average Bonchev–Trinajstić information content (AvgIpc) is 2.95. The van der Waals surface area contributed by atoms with E-state index in [1.165, 1.54) is 0 Å². The normalized spacial score (nSPS) is 12.0. The third kappa shape index (κ3) is 4.09. The zero-order valence-electron chi connectivity index (χ0n) is 16.4. The van der Waals surface area contributed by atoms with Gasteiger partial charge in [0.2, 0.25) is 0 Å². The van der Waals surface area contributed by atoms with Crippen molar-refractivity contribution in [3.8, 4) is 5.69 Å². The summed E-state index contributed by atoms with van der Waals surface area (Å²) in [4.78, 5) is 20.2. The van der Waals surface area contributed by atoms with E-state index in [0.29, 0.717) is 12.1 Å². The van der Waals surface area contributed by atoms with E-state index in [0.717, 1.165) is 34.8 Å². The van der Waals surface area contributed by atoms with Gasteiger partial charge in [-0.15, -0.1) is 0 Å². The van der Waals surface area contributed by atoms with Crippen LogP contribution in [0.1, 0.15) is 22.4 Å². The first-order valence-corrected chi connectivity index (χ1v) is 9.11. The van der Waals surface area contributed by atoms with Crippen LogP contribution in [-0.4, -0.2) is 47.6 Å². The molecule has 140 valence electrons. The summed E-state index contributed by atoms with van der Waals surface area (Å²) >= 11 is 0. The van der Waals surface area contributed by atoms with E-state index in [2.05, 4.69) is 23.0 Å². The van der Waals surface area contributed by atoms with Crippen molar-refractivity contribution in [3.05, 3.63) is 87.3 Å². The number of H-pyrrole nitrogens is 1. The van der Waals surface area contributed by atoms with Crippen LogP contribution in [0.25, 0.3) is 5.69 Å². The fourth-order valence-corrected chi connectivity index (χ4v) is 3.08. The van der Waals surface area contributed by atoms with Crippen molar-refractivity contribution < 1.29 is 0 Å². The molecule has 0 fully saturated rings. The first-order valence-electron chi connectivity index (χ1n) is 9.11. The number of aliphatic imine (C=N–C) groups is 1. The minimum Gasteiger partial charge on any atom is -0.308 e. The minimum absolute atomic E-state index is 0.0782. The van der Waals surface area contributed by atoms with E-state index in [-0.39, 0.29) is 5.56 Å². The number of aromatic nitrogens is 2.